The van der Waals surface area contributed by atoms with Gasteiger partial charge >= 0.3 is 0 Å². The third kappa shape index (κ3) is 5.27. The first-order valence-electron chi connectivity index (χ1n) is 11.3. The molecule has 4 rings (SSSR count). The summed E-state index contributed by atoms with van der Waals surface area (Å²) in [4.78, 5) is 35.1. The van der Waals surface area contributed by atoms with Crippen LogP contribution in [0.3, 0.4) is 0 Å². The quantitative estimate of drug-likeness (QED) is 0.574. The van der Waals surface area contributed by atoms with Crippen LogP contribution in [-0.4, -0.2) is 59.5 Å². The zero-order valence-electron chi connectivity index (χ0n) is 19.3. The number of hydrogen-bond acceptors (Lipinski definition) is 5. The van der Waals surface area contributed by atoms with Gasteiger partial charge in [-0.15, -0.1) is 0 Å². The van der Waals surface area contributed by atoms with Crippen molar-refractivity contribution in [2.75, 3.05) is 26.8 Å². The Bertz CT molecular complexity index is 1110. The van der Waals surface area contributed by atoms with Crippen LogP contribution in [0.25, 0.3) is 11.0 Å². The van der Waals surface area contributed by atoms with Gasteiger partial charge < -0.3 is 24.7 Å². The van der Waals surface area contributed by atoms with Gasteiger partial charge in [0.2, 0.25) is 0 Å². The molecule has 1 atom stereocenters. The Labute approximate surface area is 193 Å². The van der Waals surface area contributed by atoms with Crippen LogP contribution in [0.2, 0.25) is 0 Å². The number of imidazole rings is 1. The molecular formula is C25H30N4O4. The molecule has 1 aromatic heterocycles. The van der Waals surface area contributed by atoms with Crippen LogP contribution < -0.4 is 14.8 Å². The molecule has 2 amide bonds. The number of likely N-dealkylation sites (tertiary alicyclic amines) is 1. The second-order valence-electron chi connectivity index (χ2n) is 8.61. The van der Waals surface area contributed by atoms with E-state index in [2.05, 4.69) is 10.3 Å². The molecule has 8 heteroatoms. The van der Waals surface area contributed by atoms with Crippen molar-refractivity contribution in [3.8, 4) is 11.5 Å². The topological polar surface area (TPSA) is 96.6 Å². The largest absolute Gasteiger partial charge is 0.493 e. The Morgan fingerprint density at radius 3 is 2.79 bits per heavy atom. The minimum atomic E-state index is -0.211. The van der Waals surface area contributed by atoms with Crippen molar-refractivity contribution < 1.29 is 19.1 Å². The molecule has 0 radical (unpaired) electrons. The van der Waals surface area contributed by atoms with Crippen LogP contribution in [0, 0.1) is 0 Å². The number of nitrogens with zero attached hydrogens (tertiary/aromatic N) is 2. The third-order valence-corrected chi connectivity index (χ3v) is 5.72. The maximum absolute atomic E-state index is 13.3. The Balaban J connectivity index is 1.44. The molecule has 1 aliphatic heterocycles. The zero-order chi connectivity index (χ0) is 23.4. The number of piperidine rings is 1. The number of nitrogens with one attached hydrogen (secondary N) is 2. The van der Waals surface area contributed by atoms with Crippen LogP contribution in [0.4, 0.5) is 0 Å². The van der Waals surface area contributed by atoms with Gasteiger partial charge in [0.05, 0.1) is 18.1 Å². The number of para-hydroxylation sites is 2. The van der Waals surface area contributed by atoms with Gasteiger partial charge in [-0.25, -0.2) is 4.98 Å². The molecule has 8 nitrogen and oxygen atoms in total. The van der Waals surface area contributed by atoms with Crippen LogP contribution in [-0.2, 0) is 4.79 Å². The minimum Gasteiger partial charge on any atom is -0.493 e. The molecule has 174 valence electrons. The van der Waals surface area contributed by atoms with E-state index in [4.69, 9.17) is 14.5 Å². The zero-order valence-corrected chi connectivity index (χ0v) is 19.3. The smallest absolute Gasteiger partial charge is 0.258 e. The molecule has 0 spiro atoms. The molecule has 1 unspecified atom stereocenters. The van der Waals surface area contributed by atoms with Crippen molar-refractivity contribution in [1.82, 2.24) is 20.2 Å². The molecule has 0 aliphatic carbocycles. The summed E-state index contributed by atoms with van der Waals surface area (Å²) < 4.78 is 11.0. The van der Waals surface area contributed by atoms with E-state index in [1.807, 2.05) is 43.0 Å². The highest BCUT2D eigenvalue weighted by Gasteiger charge is 2.28. The average molecular weight is 451 g/mol. The maximum atomic E-state index is 13.3. The number of aromatic amines is 1. The second-order valence-corrected chi connectivity index (χ2v) is 8.61. The van der Waals surface area contributed by atoms with Crippen LogP contribution in [0.5, 0.6) is 11.5 Å². The number of carbonyl (C=O) groups is 2. The van der Waals surface area contributed by atoms with Gasteiger partial charge in [-0.2, -0.15) is 0 Å². The molecule has 1 saturated heterocycles. The number of methoxy groups -OCH3 is 1. The minimum absolute atomic E-state index is 0.0379. The SMILES string of the molecule is COc1cc(C(=O)N2CCCC(c3nc4ccccc4[nH]3)C2)ccc1OCC(=O)NC(C)C. The fourth-order valence-corrected chi connectivity index (χ4v) is 4.16. The molecular weight excluding hydrogens is 420 g/mol. The summed E-state index contributed by atoms with van der Waals surface area (Å²) in [5.41, 5.74) is 2.48. The van der Waals surface area contributed by atoms with Crippen molar-refractivity contribution in [1.29, 1.82) is 0 Å². The Kier molecular flexibility index (Phi) is 6.82. The first-order chi connectivity index (χ1) is 15.9. The normalized spacial score (nSPS) is 16.1. The highest BCUT2D eigenvalue weighted by molar-refractivity contribution is 5.95. The molecule has 2 heterocycles. The predicted octanol–water partition coefficient (Wildman–Crippen LogP) is 3.49. The summed E-state index contributed by atoms with van der Waals surface area (Å²) in [7, 11) is 1.52. The highest BCUT2D eigenvalue weighted by Crippen LogP contribution is 2.31. The third-order valence-electron chi connectivity index (χ3n) is 5.72. The number of fused-ring (bicyclic) bond motifs is 1. The number of hydrogen-bond donors (Lipinski definition) is 2. The number of rotatable bonds is 7. The van der Waals surface area contributed by atoms with Crippen LogP contribution in [0.15, 0.2) is 42.5 Å². The van der Waals surface area contributed by atoms with E-state index in [1.165, 1.54) is 7.11 Å². The lowest BCUT2D eigenvalue weighted by molar-refractivity contribution is -0.123. The van der Waals surface area contributed by atoms with Crippen molar-refractivity contribution >= 4 is 22.8 Å². The van der Waals surface area contributed by atoms with Crippen LogP contribution in [0.1, 0.15) is 48.8 Å². The van der Waals surface area contributed by atoms with Gasteiger partial charge in [-0.3, -0.25) is 9.59 Å². The Morgan fingerprint density at radius 1 is 1.21 bits per heavy atom. The fraction of sp³-hybridized carbons (Fsp3) is 0.400. The lowest BCUT2D eigenvalue weighted by Gasteiger charge is -2.32. The summed E-state index contributed by atoms with van der Waals surface area (Å²) >= 11 is 0. The van der Waals surface area contributed by atoms with Gasteiger partial charge in [-0.05, 0) is 57.0 Å². The monoisotopic (exact) mass is 450 g/mol. The average Bonchev–Trinajstić information content (AvgIpc) is 3.26. The van der Waals surface area contributed by atoms with E-state index in [-0.39, 0.29) is 30.4 Å². The predicted molar refractivity (Wildman–Crippen MR) is 126 cm³/mol. The highest BCUT2D eigenvalue weighted by atomic mass is 16.5. The van der Waals surface area contributed by atoms with Crippen molar-refractivity contribution in [3.05, 3.63) is 53.9 Å². The van der Waals surface area contributed by atoms with E-state index >= 15 is 0 Å². The van der Waals surface area contributed by atoms with Gasteiger partial charge in [0.25, 0.3) is 11.8 Å². The summed E-state index contributed by atoms with van der Waals surface area (Å²) in [6, 6.07) is 13.1. The van der Waals surface area contributed by atoms with Crippen molar-refractivity contribution in [3.63, 3.8) is 0 Å². The van der Waals surface area contributed by atoms with Crippen molar-refractivity contribution in [2.24, 2.45) is 0 Å². The lowest BCUT2D eigenvalue weighted by Crippen LogP contribution is -2.39. The molecule has 0 bridgehead atoms. The lowest BCUT2D eigenvalue weighted by atomic mass is 9.96. The summed E-state index contributed by atoms with van der Waals surface area (Å²) in [5.74, 6) is 1.67. The van der Waals surface area contributed by atoms with Gasteiger partial charge in [-0.1, -0.05) is 12.1 Å². The molecule has 1 aliphatic rings. The number of amides is 2. The van der Waals surface area contributed by atoms with Gasteiger partial charge in [0.1, 0.15) is 5.82 Å². The Morgan fingerprint density at radius 2 is 2.03 bits per heavy atom. The summed E-state index contributed by atoms with van der Waals surface area (Å²) in [6.07, 6.45) is 1.90. The van der Waals surface area contributed by atoms with Gasteiger partial charge in [0, 0.05) is 30.6 Å². The number of H-pyrrole nitrogens is 1. The number of ether oxygens (including phenoxy) is 2. The molecule has 33 heavy (non-hydrogen) atoms. The summed E-state index contributed by atoms with van der Waals surface area (Å²) in [5, 5.41) is 2.78. The standard InChI is InChI=1S/C25H30N4O4/c1-16(2)26-23(30)15-33-21-11-10-17(13-22(21)32-3)25(31)29-12-6-7-18(14-29)24-27-19-8-4-5-9-20(19)28-24/h4-5,8-11,13,16,18H,6-7,12,14-15H2,1-3H3,(H,26,30)(H,27,28). The number of aromatic nitrogens is 2. The molecule has 0 saturated carbocycles. The fourth-order valence-electron chi connectivity index (χ4n) is 4.16. The molecule has 1 fully saturated rings. The molecule has 3 aromatic rings. The van der Waals surface area contributed by atoms with Crippen LogP contribution >= 0.6 is 0 Å². The van der Waals surface area contributed by atoms with E-state index in [0.29, 0.717) is 30.2 Å². The maximum Gasteiger partial charge on any atom is 0.258 e. The number of benzene rings is 2. The van der Waals surface area contributed by atoms with E-state index in [9.17, 15) is 9.59 Å². The number of carbonyl (C=O) groups excluding carboxylic acids is 2. The summed E-state index contributed by atoms with van der Waals surface area (Å²) in [6.45, 7) is 4.96. The first kappa shape index (κ1) is 22.6. The molecule has 2 N–H and O–H groups in total. The van der Waals surface area contributed by atoms with E-state index in [0.717, 1.165) is 29.7 Å². The van der Waals surface area contributed by atoms with Gasteiger partial charge in [0.15, 0.2) is 18.1 Å². The Hall–Kier alpha value is -3.55. The van der Waals surface area contributed by atoms with E-state index in [1.54, 1.807) is 18.2 Å². The molecule has 2 aromatic carbocycles. The van der Waals surface area contributed by atoms with Crippen molar-refractivity contribution in [2.45, 2.75) is 38.6 Å². The second kappa shape index (κ2) is 9.94. The first-order valence-corrected chi connectivity index (χ1v) is 11.3. The van der Waals surface area contributed by atoms with E-state index < -0.39 is 0 Å².